The van der Waals surface area contributed by atoms with Gasteiger partial charge in [0, 0.05) is 12.1 Å². The van der Waals surface area contributed by atoms with Gasteiger partial charge in [0.05, 0.1) is 0 Å². The maximum absolute atomic E-state index is 11.7. The Morgan fingerprint density at radius 2 is 1.88 bits per heavy atom. The Bertz CT molecular complexity index is 347. The van der Waals surface area contributed by atoms with Crippen molar-refractivity contribution in [3.63, 3.8) is 0 Å². The zero-order valence-corrected chi connectivity index (χ0v) is 10.7. The van der Waals surface area contributed by atoms with Gasteiger partial charge in [0.15, 0.2) is 0 Å². The normalized spacial score (nSPS) is 10.2. The van der Waals surface area contributed by atoms with E-state index in [4.69, 9.17) is 0 Å². The van der Waals surface area contributed by atoms with Crippen LogP contribution in [0, 0.1) is 6.92 Å². The van der Waals surface area contributed by atoms with Gasteiger partial charge < -0.3 is 5.32 Å². The van der Waals surface area contributed by atoms with Crippen molar-refractivity contribution in [2.75, 3.05) is 5.32 Å². The van der Waals surface area contributed by atoms with Crippen molar-refractivity contribution >= 4 is 11.6 Å². The highest BCUT2D eigenvalue weighted by Crippen LogP contribution is 2.14. The van der Waals surface area contributed by atoms with Crippen molar-refractivity contribution in [3.05, 3.63) is 36.8 Å². The number of rotatable bonds is 7. The third-order valence-electron chi connectivity index (χ3n) is 2.80. The molecule has 17 heavy (non-hydrogen) atoms. The Labute approximate surface area is 104 Å². The van der Waals surface area contributed by atoms with Crippen LogP contribution in [-0.4, -0.2) is 5.91 Å². The van der Waals surface area contributed by atoms with E-state index in [1.807, 2.05) is 24.3 Å². The first-order valence-corrected chi connectivity index (χ1v) is 6.45. The highest BCUT2D eigenvalue weighted by molar-refractivity contribution is 5.91. The fourth-order valence-electron chi connectivity index (χ4n) is 1.74. The lowest BCUT2D eigenvalue weighted by atomic mass is 10.1. The molecule has 0 heterocycles. The van der Waals surface area contributed by atoms with Gasteiger partial charge >= 0.3 is 0 Å². The van der Waals surface area contributed by atoms with Gasteiger partial charge in [-0.05, 0) is 25.0 Å². The smallest absolute Gasteiger partial charge is 0.224 e. The van der Waals surface area contributed by atoms with Crippen LogP contribution in [0.5, 0.6) is 0 Å². The fourth-order valence-corrected chi connectivity index (χ4v) is 1.74. The Hall–Kier alpha value is -1.31. The summed E-state index contributed by atoms with van der Waals surface area (Å²) in [7, 11) is 0. The second-order valence-electron chi connectivity index (χ2n) is 4.37. The lowest BCUT2D eigenvalue weighted by molar-refractivity contribution is -0.116. The van der Waals surface area contributed by atoms with Gasteiger partial charge in [-0.3, -0.25) is 4.79 Å². The lowest BCUT2D eigenvalue weighted by Gasteiger charge is -2.07. The second kappa shape index (κ2) is 7.88. The van der Waals surface area contributed by atoms with Crippen LogP contribution in [0.2, 0.25) is 0 Å². The molecule has 0 saturated carbocycles. The summed E-state index contributed by atoms with van der Waals surface area (Å²) in [5.41, 5.74) is 1.69. The highest BCUT2D eigenvalue weighted by atomic mass is 16.1. The second-order valence-corrected chi connectivity index (χ2v) is 4.37. The quantitative estimate of drug-likeness (QED) is 0.702. The summed E-state index contributed by atoms with van der Waals surface area (Å²) < 4.78 is 0. The standard InChI is InChI=1S/C15H22NO/c1-3-4-5-6-7-12-15(17)16-14-11-9-8-10-13(14)2/h8-11H,2-7,12H2,1H3,(H,16,17). The summed E-state index contributed by atoms with van der Waals surface area (Å²) in [4.78, 5) is 11.7. The maximum Gasteiger partial charge on any atom is 0.224 e. The van der Waals surface area contributed by atoms with Gasteiger partial charge in [-0.1, -0.05) is 50.8 Å². The number of amides is 1. The van der Waals surface area contributed by atoms with E-state index in [2.05, 4.69) is 19.2 Å². The van der Waals surface area contributed by atoms with Crippen LogP contribution < -0.4 is 5.32 Å². The van der Waals surface area contributed by atoms with Gasteiger partial charge in [0.25, 0.3) is 0 Å². The average Bonchev–Trinajstić information content (AvgIpc) is 2.32. The third kappa shape index (κ3) is 5.53. The molecule has 0 unspecified atom stereocenters. The van der Waals surface area contributed by atoms with E-state index in [0.29, 0.717) is 6.42 Å². The Morgan fingerprint density at radius 3 is 2.59 bits per heavy atom. The van der Waals surface area contributed by atoms with E-state index in [1.165, 1.54) is 19.3 Å². The molecule has 1 rings (SSSR count). The summed E-state index contributed by atoms with van der Waals surface area (Å²) in [5.74, 6) is 0.0950. The maximum atomic E-state index is 11.7. The Morgan fingerprint density at radius 1 is 1.18 bits per heavy atom. The van der Waals surface area contributed by atoms with Crippen LogP contribution in [0.4, 0.5) is 5.69 Å². The molecule has 2 heteroatoms. The van der Waals surface area contributed by atoms with Crippen molar-refractivity contribution in [3.8, 4) is 0 Å². The summed E-state index contributed by atoms with van der Waals surface area (Å²) in [6.07, 6.45) is 6.47. The monoisotopic (exact) mass is 232 g/mol. The molecule has 1 N–H and O–H groups in total. The minimum absolute atomic E-state index is 0.0950. The van der Waals surface area contributed by atoms with Gasteiger partial charge in [-0.25, -0.2) is 0 Å². The average molecular weight is 232 g/mol. The molecule has 0 fully saturated rings. The minimum atomic E-state index is 0.0950. The topological polar surface area (TPSA) is 29.1 Å². The van der Waals surface area contributed by atoms with Crippen molar-refractivity contribution in [2.24, 2.45) is 0 Å². The third-order valence-corrected chi connectivity index (χ3v) is 2.80. The SMILES string of the molecule is [CH2]c1ccccc1NC(=O)CCCCCCC. The Balaban J connectivity index is 2.23. The van der Waals surface area contributed by atoms with Crippen molar-refractivity contribution in [1.29, 1.82) is 0 Å². The molecule has 0 aromatic heterocycles. The van der Waals surface area contributed by atoms with E-state index < -0.39 is 0 Å². The van der Waals surface area contributed by atoms with Crippen LogP contribution >= 0.6 is 0 Å². The summed E-state index contributed by atoms with van der Waals surface area (Å²) in [6, 6.07) is 7.61. The zero-order valence-electron chi connectivity index (χ0n) is 10.7. The molecule has 2 nitrogen and oxygen atoms in total. The Kier molecular flexibility index (Phi) is 6.38. The van der Waals surface area contributed by atoms with E-state index in [0.717, 1.165) is 24.1 Å². The molecule has 0 aliphatic rings. The van der Waals surface area contributed by atoms with Crippen LogP contribution in [0.1, 0.15) is 51.0 Å². The molecule has 0 aliphatic carbocycles. The molecule has 1 aromatic carbocycles. The van der Waals surface area contributed by atoms with E-state index in [-0.39, 0.29) is 5.91 Å². The number of anilines is 1. The molecule has 1 radical (unpaired) electrons. The van der Waals surface area contributed by atoms with E-state index in [1.54, 1.807) is 0 Å². The summed E-state index contributed by atoms with van der Waals surface area (Å²) >= 11 is 0. The number of carbonyl (C=O) groups excluding carboxylic acids is 1. The molecule has 1 amide bonds. The molecule has 1 aromatic rings. The van der Waals surface area contributed by atoms with Gasteiger partial charge in [0.1, 0.15) is 0 Å². The first-order valence-electron chi connectivity index (χ1n) is 6.45. The molecular formula is C15H22NO. The first-order chi connectivity index (χ1) is 8.24. The molecule has 0 atom stereocenters. The van der Waals surface area contributed by atoms with Crippen LogP contribution in [0.25, 0.3) is 0 Å². The number of carbonyl (C=O) groups is 1. The fraction of sp³-hybridized carbons (Fsp3) is 0.467. The number of hydrogen-bond acceptors (Lipinski definition) is 1. The van der Waals surface area contributed by atoms with Crippen molar-refractivity contribution in [1.82, 2.24) is 0 Å². The molecule has 0 spiro atoms. The molecule has 0 saturated heterocycles. The van der Waals surface area contributed by atoms with Crippen molar-refractivity contribution in [2.45, 2.75) is 45.4 Å². The van der Waals surface area contributed by atoms with Crippen molar-refractivity contribution < 1.29 is 4.79 Å². The molecule has 0 aliphatic heterocycles. The summed E-state index contributed by atoms with van der Waals surface area (Å²) in [5, 5.41) is 2.90. The molecule has 0 bridgehead atoms. The summed E-state index contributed by atoms with van der Waals surface area (Å²) in [6.45, 7) is 6.07. The number of benzene rings is 1. The van der Waals surface area contributed by atoms with Gasteiger partial charge in [-0.2, -0.15) is 0 Å². The minimum Gasteiger partial charge on any atom is -0.326 e. The lowest BCUT2D eigenvalue weighted by Crippen LogP contribution is -2.11. The number of hydrogen-bond donors (Lipinski definition) is 1. The number of unbranched alkanes of at least 4 members (excludes halogenated alkanes) is 4. The highest BCUT2D eigenvalue weighted by Gasteiger charge is 2.03. The predicted octanol–water partition coefficient (Wildman–Crippen LogP) is 4.17. The van der Waals surface area contributed by atoms with E-state index in [9.17, 15) is 4.79 Å². The first kappa shape index (κ1) is 13.8. The largest absolute Gasteiger partial charge is 0.326 e. The number of para-hydroxylation sites is 1. The van der Waals surface area contributed by atoms with Crippen LogP contribution in [0.3, 0.4) is 0 Å². The molecular weight excluding hydrogens is 210 g/mol. The number of nitrogens with one attached hydrogen (secondary N) is 1. The van der Waals surface area contributed by atoms with Crippen LogP contribution in [0.15, 0.2) is 24.3 Å². The predicted molar refractivity (Wildman–Crippen MR) is 72.9 cm³/mol. The van der Waals surface area contributed by atoms with Gasteiger partial charge in [-0.15, -0.1) is 0 Å². The van der Waals surface area contributed by atoms with Gasteiger partial charge in [0.2, 0.25) is 5.91 Å². The van der Waals surface area contributed by atoms with Crippen LogP contribution in [-0.2, 0) is 4.79 Å². The zero-order chi connectivity index (χ0) is 12.5. The molecule has 93 valence electrons. The van der Waals surface area contributed by atoms with E-state index >= 15 is 0 Å².